The van der Waals surface area contributed by atoms with E-state index in [4.69, 9.17) is 15.3 Å². The molecular weight excluding hydrogens is 382 g/mol. The van der Waals surface area contributed by atoms with Crippen molar-refractivity contribution in [2.45, 2.75) is 0 Å². The molecular formula is C18H14BrN5O. The van der Waals surface area contributed by atoms with Crippen LogP contribution in [0.2, 0.25) is 0 Å². The van der Waals surface area contributed by atoms with Gasteiger partial charge in [0.05, 0.1) is 23.0 Å². The smallest absolute Gasteiger partial charge is 0.214 e. The zero-order chi connectivity index (χ0) is 18.1. The molecule has 0 unspecified atom stereocenters. The van der Waals surface area contributed by atoms with Crippen LogP contribution >= 0.6 is 15.9 Å². The zero-order valence-electron chi connectivity index (χ0n) is 13.2. The minimum absolute atomic E-state index is 0.225. The summed E-state index contributed by atoms with van der Waals surface area (Å²) in [6.45, 7) is 3.89. The lowest BCUT2D eigenvalue weighted by atomic mass is 10.2. The van der Waals surface area contributed by atoms with Crippen molar-refractivity contribution in [2.75, 3.05) is 11.9 Å². The molecule has 0 amide bonds. The van der Waals surface area contributed by atoms with Gasteiger partial charge in [0.1, 0.15) is 12.4 Å². The summed E-state index contributed by atoms with van der Waals surface area (Å²) in [5.41, 5.74) is 1.67. The number of nitrogens with one attached hydrogen (secondary N) is 2. The highest BCUT2D eigenvalue weighted by molar-refractivity contribution is 9.10. The molecule has 0 aromatic heterocycles. The predicted octanol–water partition coefficient (Wildman–Crippen LogP) is 4.06. The van der Waals surface area contributed by atoms with Gasteiger partial charge in [-0.2, -0.15) is 10.5 Å². The van der Waals surface area contributed by atoms with Crippen LogP contribution in [0, 0.1) is 22.8 Å². The van der Waals surface area contributed by atoms with E-state index in [2.05, 4.69) is 44.2 Å². The van der Waals surface area contributed by atoms with E-state index in [1.807, 2.05) is 24.4 Å². The van der Waals surface area contributed by atoms with E-state index in [1.165, 1.54) is 0 Å². The van der Waals surface area contributed by atoms with Gasteiger partial charge in [-0.25, -0.2) is 4.99 Å². The second-order valence-electron chi connectivity index (χ2n) is 4.70. The topological polar surface area (TPSA) is 93.2 Å². The fraction of sp³-hybridized carbons (Fsp3) is 0.0556. The summed E-state index contributed by atoms with van der Waals surface area (Å²) >= 11 is 3.41. The van der Waals surface area contributed by atoms with Gasteiger partial charge in [0.15, 0.2) is 6.19 Å². The van der Waals surface area contributed by atoms with Crippen LogP contribution in [-0.2, 0) is 0 Å². The third kappa shape index (κ3) is 5.10. The number of hydrogen-bond donors (Lipinski definition) is 2. The van der Waals surface area contributed by atoms with E-state index in [-0.39, 0.29) is 12.6 Å². The molecule has 124 valence electrons. The van der Waals surface area contributed by atoms with Crippen molar-refractivity contribution in [1.29, 1.82) is 10.5 Å². The average molecular weight is 396 g/mol. The molecule has 25 heavy (non-hydrogen) atoms. The summed E-state index contributed by atoms with van der Waals surface area (Å²) in [4.78, 5) is 4.39. The zero-order valence-corrected chi connectivity index (χ0v) is 14.7. The van der Waals surface area contributed by atoms with Crippen LogP contribution in [0.5, 0.6) is 5.75 Å². The molecule has 0 spiro atoms. The largest absolute Gasteiger partial charge is 0.487 e. The average Bonchev–Trinajstić information content (AvgIpc) is 2.63. The third-order valence-electron chi connectivity index (χ3n) is 2.98. The van der Waals surface area contributed by atoms with E-state index in [9.17, 15) is 0 Å². The molecule has 0 saturated carbocycles. The first-order valence-corrected chi connectivity index (χ1v) is 8.00. The maximum absolute atomic E-state index is 9.04. The van der Waals surface area contributed by atoms with Crippen LogP contribution in [0.25, 0.3) is 0 Å². The minimum atomic E-state index is 0.225. The van der Waals surface area contributed by atoms with Gasteiger partial charge in [0, 0.05) is 10.5 Å². The summed E-state index contributed by atoms with van der Waals surface area (Å²) in [5, 5.41) is 23.5. The van der Waals surface area contributed by atoms with Gasteiger partial charge in [-0.05, 0) is 40.2 Å². The molecule has 2 aromatic rings. The Kier molecular flexibility index (Phi) is 6.58. The highest BCUT2D eigenvalue weighted by Gasteiger charge is 2.09. The van der Waals surface area contributed by atoms with Crippen molar-refractivity contribution in [3.63, 3.8) is 0 Å². The number of nitrogens with zero attached hydrogens (tertiary/aromatic N) is 3. The monoisotopic (exact) mass is 395 g/mol. The van der Waals surface area contributed by atoms with Crippen LogP contribution in [0.1, 0.15) is 5.56 Å². The molecule has 6 nitrogen and oxygen atoms in total. The van der Waals surface area contributed by atoms with E-state index < -0.39 is 0 Å². The van der Waals surface area contributed by atoms with Crippen LogP contribution in [-0.4, -0.2) is 12.6 Å². The van der Waals surface area contributed by atoms with Gasteiger partial charge in [-0.1, -0.05) is 24.8 Å². The quantitative estimate of drug-likeness (QED) is 0.261. The van der Waals surface area contributed by atoms with Crippen molar-refractivity contribution in [2.24, 2.45) is 4.99 Å². The van der Waals surface area contributed by atoms with Crippen LogP contribution < -0.4 is 15.4 Å². The molecule has 7 heteroatoms. The first-order valence-electron chi connectivity index (χ1n) is 7.21. The second kappa shape index (κ2) is 9.11. The Hall–Kier alpha value is -3.29. The first-order chi connectivity index (χ1) is 12.2. The van der Waals surface area contributed by atoms with E-state index in [1.54, 1.807) is 30.3 Å². The number of para-hydroxylation sites is 1. The van der Waals surface area contributed by atoms with E-state index >= 15 is 0 Å². The number of halogens is 1. The number of ether oxygens (including phenoxy) is 1. The lowest BCUT2D eigenvalue weighted by Gasteiger charge is -2.13. The van der Waals surface area contributed by atoms with E-state index in [0.29, 0.717) is 22.7 Å². The fourth-order valence-electron chi connectivity index (χ4n) is 1.89. The standard InChI is InChI=1S/C18H14BrN5O/c1-2-9-25-17-10-13(11-20)7-8-16(17)24-18(22-12-21)23-15-6-4-3-5-14(15)19/h2-8,10H,1,9H2,(H2,22,23,24). The molecule has 2 aromatic carbocycles. The van der Waals surface area contributed by atoms with Crippen molar-refractivity contribution < 1.29 is 4.74 Å². The molecule has 0 aliphatic heterocycles. The lowest BCUT2D eigenvalue weighted by Crippen LogP contribution is -2.26. The minimum Gasteiger partial charge on any atom is -0.487 e. The predicted molar refractivity (Wildman–Crippen MR) is 100 cm³/mol. The second-order valence-corrected chi connectivity index (χ2v) is 5.55. The maximum atomic E-state index is 9.04. The highest BCUT2D eigenvalue weighted by atomic mass is 79.9. The SMILES string of the molecule is C=CCOc1cc(C#N)ccc1NC(=Nc1ccccc1Br)NC#N. The summed E-state index contributed by atoms with van der Waals surface area (Å²) < 4.78 is 6.36. The Bertz CT molecular complexity index is 880. The van der Waals surface area contributed by atoms with Crippen molar-refractivity contribution in [3.8, 4) is 18.0 Å². The van der Waals surface area contributed by atoms with E-state index in [0.717, 1.165) is 4.47 Å². The number of anilines is 1. The fourth-order valence-corrected chi connectivity index (χ4v) is 2.27. The molecule has 0 fully saturated rings. The van der Waals surface area contributed by atoms with Crippen molar-refractivity contribution >= 4 is 33.3 Å². The van der Waals surface area contributed by atoms with Crippen LogP contribution in [0.3, 0.4) is 0 Å². The molecule has 0 aliphatic rings. The molecule has 0 heterocycles. The Labute approximate surface area is 154 Å². The van der Waals surface area contributed by atoms with Crippen LogP contribution in [0.4, 0.5) is 11.4 Å². The maximum Gasteiger partial charge on any atom is 0.214 e. The Balaban J connectivity index is 2.36. The number of rotatable bonds is 5. The van der Waals surface area contributed by atoms with Gasteiger partial charge in [-0.3, -0.25) is 5.32 Å². The Morgan fingerprint density at radius 1 is 1.28 bits per heavy atom. The molecule has 2 rings (SSSR count). The molecule has 0 saturated heterocycles. The Morgan fingerprint density at radius 3 is 2.76 bits per heavy atom. The Morgan fingerprint density at radius 2 is 2.08 bits per heavy atom. The molecule has 2 N–H and O–H groups in total. The lowest BCUT2D eigenvalue weighted by molar-refractivity contribution is 0.365. The number of aliphatic imine (C=N–C) groups is 1. The molecule has 0 aliphatic carbocycles. The van der Waals surface area contributed by atoms with Gasteiger partial charge in [-0.15, -0.1) is 0 Å². The summed E-state index contributed by atoms with van der Waals surface area (Å²) in [5.74, 6) is 0.682. The third-order valence-corrected chi connectivity index (χ3v) is 3.65. The van der Waals surface area contributed by atoms with Crippen molar-refractivity contribution in [3.05, 3.63) is 65.2 Å². The normalized spacial score (nSPS) is 10.3. The van der Waals surface area contributed by atoms with Gasteiger partial charge < -0.3 is 10.1 Å². The van der Waals surface area contributed by atoms with Gasteiger partial charge in [0.25, 0.3) is 0 Å². The molecule has 0 atom stereocenters. The molecule has 0 bridgehead atoms. The van der Waals surface area contributed by atoms with Crippen LogP contribution in [0.15, 0.2) is 64.6 Å². The van der Waals surface area contributed by atoms with Gasteiger partial charge in [0.2, 0.25) is 5.96 Å². The summed E-state index contributed by atoms with van der Waals surface area (Å²) in [6, 6.07) is 14.4. The number of guanidine groups is 1. The highest BCUT2D eigenvalue weighted by Crippen LogP contribution is 2.27. The van der Waals surface area contributed by atoms with Gasteiger partial charge >= 0.3 is 0 Å². The number of hydrogen-bond acceptors (Lipinski definition) is 4. The number of nitriles is 2. The first kappa shape index (κ1) is 18.1. The summed E-state index contributed by atoms with van der Waals surface area (Å²) in [6.07, 6.45) is 3.45. The summed E-state index contributed by atoms with van der Waals surface area (Å²) in [7, 11) is 0. The van der Waals surface area contributed by atoms with Crippen molar-refractivity contribution in [1.82, 2.24) is 5.32 Å². The molecule has 0 radical (unpaired) electrons. The number of benzene rings is 2.